The summed E-state index contributed by atoms with van der Waals surface area (Å²) in [6.45, 7) is 5.80. The molecule has 0 saturated carbocycles. The monoisotopic (exact) mass is 314 g/mol. The molecule has 1 saturated heterocycles. The van der Waals surface area contributed by atoms with E-state index in [1.807, 2.05) is 44.2 Å². The normalized spacial score (nSPS) is 21.9. The number of rotatable bonds is 5. The van der Waals surface area contributed by atoms with Gasteiger partial charge < -0.3 is 4.74 Å². The Bertz CT molecular complexity index is 606. The standard InChI is InChI=1S/C18H22N2O3/c1-12(2)11-15(9-10-19)17(21)20-13(3)16(23-18(20)22)14-7-5-4-6-8-14/h4-8,12-13,15-16H,9,11H2,1-3H3/t13-,15-,16-/m1/s1. The molecular weight excluding hydrogens is 292 g/mol. The van der Waals surface area contributed by atoms with E-state index in [1.54, 1.807) is 6.92 Å². The Morgan fingerprint density at radius 3 is 2.57 bits per heavy atom. The van der Waals surface area contributed by atoms with Crippen molar-refractivity contribution in [1.82, 2.24) is 4.90 Å². The van der Waals surface area contributed by atoms with Crippen molar-refractivity contribution < 1.29 is 14.3 Å². The third-order valence-electron chi connectivity index (χ3n) is 4.08. The minimum atomic E-state index is -0.622. The molecule has 23 heavy (non-hydrogen) atoms. The number of carbonyl (C=O) groups excluding carboxylic acids is 2. The van der Waals surface area contributed by atoms with E-state index < -0.39 is 18.1 Å². The fraction of sp³-hybridized carbons (Fsp3) is 0.500. The third-order valence-corrected chi connectivity index (χ3v) is 4.08. The maximum absolute atomic E-state index is 12.7. The molecule has 3 atom stereocenters. The summed E-state index contributed by atoms with van der Waals surface area (Å²) in [6, 6.07) is 11.1. The van der Waals surface area contributed by atoms with Crippen LogP contribution in [0.1, 0.15) is 45.3 Å². The van der Waals surface area contributed by atoms with Crippen molar-refractivity contribution in [3.63, 3.8) is 0 Å². The predicted octanol–water partition coefficient (Wildman–Crippen LogP) is 3.67. The molecule has 1 fully saturated rings. The molecule has 0 N–H and O–H groups in total. The van der Waals surface area contributed by atoms with Crippen molar-refractivity contribution in [1.29, 1.82) is 5.26 Å². The number of benzene rings is 1. The molecule has 2 rings (SSSR count). The van der Waals surface area contributed by atoms with Crippen LogP contribution in [0.3, 0.4) is 0 Å². The lowest BCUT2D eigenvalue weighted by Gasteiger charge is -2.24. The number of ether oxygens (including phenoxy) is 1. The molecule has 2 amide bonds. The Morgan fingerprint density at radius 1 is 1.35 bits per heavy atom. The molecule has 122 valence electrons. The van der Waals surface area contributed by atoms with Gasteiger partial charge in [0.25, 0.3) is 0 Å². The Hall–Kier alpha value is -2.35. The van der Waals surface area contributed by atoms with Gasteiger partial charge in [0, 0.05) is 6.42 Å². The van der Waals surface area contributed by atoms with Gasteiger partial charge in [-0.25, -0.2) is 9.69 Å². The van der Waals surface area contributed by atoms with Gasteiger partial charge in [-0.05, 0) is 24.8 Å². The average molecular weight is 314 g/mol. The highest BCUT2D eigenvalue weighted by atomic mass is 16.6. The van der Waals surface area contributed by atoms with E-state index in [-0.39, 0.29) is 24.3 Å². The van der Waals surface area contributed by atoms with Gasteiger partial charge in [-0.2, -0.15) is 5.26 Å². The highest BCUT2D eigenvalue weighted by Crippen LogP contribution is 2.34. The van der Waals surface area contributed by atoms with E-state index in [0.29, 0.717) is 6.42 Å². The van der Waals surface area contributed by atoms with Crippen molar-refractivity contribution in [3.8, 4) is 6.07 Å². The molecule has 0 bridgehead atoms. The number of carbonyl (C=O) groups is 2. The van der Waals surface area contributed by atoms with Crippen LogP contribution < -0.4 is 0 Å². The average Bonchev–Trinajstić information content (AvgIpc) is 2.81. The van der Waals surface area contributed by atoms with Gasteiger partial charge >= 0.3 is 6.09 Å². The Balaban J connectivity index is 2.20. The fourth-order valence-corrected chi connectivity index (χ4v) is 2.99. The third kappa shape index (κ3) is 3.70. The van der Waals surface area contributed by atoms with Gasteiger partial charge in [-0.1, -0.05) is 44.2 Å². The second-order valence-electron chi connectivity index (χ2n) is 6.35. The Labute approximate surface area is 136 Å². The summed E-state index contributed by atoms with van der Waals surface area (Å²) in [7, 11) is 0. The van der Waals surface area contributed by atoms with Crippen LogP contribution in [0.2, 0.25) is 0 Å². The van der Waals surface area contributed by atoms with Crippen molar-refractivity contribution in [2.45, 2.75) is 45.8 Å². The lowest BCUT2D eigenvalue weighted by atomic mass is 9.92. The minimum absolute atomic E-state index is 0.115. The van der Waals surface area contributed by atoms with Crippen molar-refractivity contribution in [2.75, 3.05) is 0 Å². The zero-order valence-electron chi connectivity index (χ0n) is 13.7. The fourth-order valence-electron chi connectivity index (χ4n) is 2.99. The minimum Gasteiger partial charge on any atom is -0.439 e. The first-order valence-electron chi connectivity index (χ1n) is 7.91. The first-order valence-corrected chi connectivity index (χ1v) is 7.91. The number of amides is 2. The summed E-state index contributed by atoms with van der Waals surface area (Å²) in [6.07, 6.45) is -0.389. The number of cyclic esters (lactones) is 1. The summed E-state index contributed by atoms with van der Waals surface area (Å²) in [5.74, 6) is -0.503. The van der Waals surface area contributed by atoms with E-state index in [4.69, 9.17) is 10.00 Å². The summed E-state index contributed by atoms with van der Waals surface area (Å²) < 4.78 is 5.41. The molecule has 0 unspecified atom stereocenters. The molecule has 1 aromatic carbocycles. The van der Waals surface area contributed by atoms with Crippen LogP contribution in [0.15, 0.2) is 30.3 Å². The van der Waals surface area contributed by atoms with Crippen molar-refractivity contribution in [3.05, 3.63) is 35.9 Å². The maximum atomic E-state index is 12.7. The molecule has 5 nitrogen and oxygen atoms in total. The molecule has 5 heteroatoms. The summed E-state index contributed by atoms with van der Waals surface area (Å²) in [5, 5.41) is 8.97. The molecule has 1 aliphatic heterocycles. The van der Waals surface area contributed by atoms with E-state index in [9.17, 15) is 9.59 Å². The molecular formula is C18H22N2O3. The SMILES string of the molecule is CC(C)C[C@@H](CC#N)C(=O)N1C(=O)O[C@@H](c2ccccc2)[C@H]1C. The predicted molar refractivity (Wildman–Crippen MR) is 85.1 cm³/mol. The maximum Gasteiger partial charge on any atom is 0.417 e. The number of hydrogen-bond donors (Lipinski definition) is 0. The van der Waals surface area contributed by atoms with Crippen LogP contribution >= 0.6 is 0 Å². The molecule has 0 spiro atoms. The zero-order valence-corrected chi connectivity index (χ0v) is 13.7. The number of nitrogens with zero attached hydrogens (tertiary/aromatic N) is 2. The van der Waals surface area contributed by atoms with Gasteiger partial charge in [0.2, 0.25) is 5.91 Å². The van der Waals surface area contributed by atoms with Gasteiger partial charge in [0.1, 0.15) is 6.10 Å². The van der Waals surface area contributed by atoms with Crippen LogP contribution in [0.4, 0.5) is 4.79 Å². The van der Waals surface area contributed by atoms with E-state index >= 15 is 0 Å². The summed E-state index contributed by atoms with van der Waals surface area (Å²) >= 11 is 0. The van der Waals surface area contributed by atoms with E-state index in [2.05, 4.69) is 6.07 Å². The number of hydrogen-bond acceptors (Lipinski definition) is 4. The van der Waals surface area contributed by atoms with Crippen LogP contribution in [0.5, 0.6) is 0 Å². The van der Waals surface area contributed by atoms with Crippen LogP contribution in [-0.2, 0) is 9.53 Å². The second kappa shape index (κ2) is 7.28. The van der Waals surface area contributed by atoms with Gasteiger partial charge in [0.15, 0.2) is 0 Å². The number of nitriles is 1. The van der Waals surface area contributed by atoms with Crippen LogP contribution in [-0.4, -0.2) is 22.9 Å². The topological polar surface area (TPSA) is 70.4 Å². The lowest BCUT2D eigenvalue weighted by molar-refractivity contribution is -0.133. The first kappa shape index (κ1) is 17.0. The van der Waals surface area contributed by atoms with Gasteiger partial charge in [-0.3, -0.25) is 4.79 Å². The van der Waals surface area contributed by atoms with E-state index in [1.165, 1.54) is 4.90 Å². The zero-order chi connectivity index (χ0) is 17.0. The Morgan fingerprint density at radius 2 is 2.00 bits per heavy atom. The molecule has 1 heterocycles. The highest BCUT2D eigenvalue weighted by Gasteiger charge is 2.45. The van der Waals surface area contributed by atoms with Crippen molar-refractivity contribution >= 4 is 12.0 Å². The number of imide groups is 1. The van der Waals surface area contributed by atoms with Crippen LogP contribution in [0, 0.1) is 23.2 Å². The second-order valence-corrected chi connectivity index (χ2v) is 6.35. The largest absolute Gasteiger partial charge is 0.439 e. The van der Waals surface area contributed by atoms with Crippen molar-refractivity contribution in [2.24, 2.45) is 11.8 Å². The van der Waals surface area contributed by atoms with Crippen LogP contribution in [0.25, 0.3) is 0 Å². The molecule has 0 aromatic heterocycles. The van der Waals surface area contributed by atoms with E-state index in [0.717, 1.165) is 5.56 Å². The van der Waals surface area contributed by atoms with Gasteiger partial charge in [0.05, 0.1) is 18.0 Å². The first-order chi connectivity index (χ1) is 11.0. The lowest BCUT2D eigenvalue weighted by Crippen LogP contribution is -2.42. The molecule has 1 aromatic rings. The molecule has 0 radical (unpaired) electrons. The summed E-state index contributed by atoms with van der Waals surface area (Å²) in [4.78, 5) is 26.1. The molecule has 1 aliphatic rings. The van der Waals surface area contributed by atoms with Gasteiger partial charge in [-0.15, -0.1) is 0 Å². The quantitative estimate of drug-likeness (QED) is 0.831. The highest BCUT2D eigenvalue weighted by molar-refractivity contribution is 5.95. The molecule has 0 aliphatic carbocycles. The Kier molecular flexibility index (Phi) is 5.38. The summed E-state index contributed by atoms with van der Waals surface area (Å²) in [5.41, 5.74) is 0.865. The smallest absolute Gasteiger partial charge is 0.417 e.